The number of rotatable bonds is 5. The molecule has 1 amide bonds. The van der Waals surface area contributed by atoms with Crippen LogP contribution < -0.4 is 5.32 Å². The molecular formula is C22H29N3O. The first kappa shape index (κ1) is 17.3. The molecule has 3 atom stereocenters. The Morgan fingerprint density at radius 1 is 1.19 bits per heavy atom. The van der Waals surface area contributed by atoms with E-state index >= 15 is 0 Å². The molecule has 3 unspecified atom stereocenters. The van der Waals surface area contributed by atoms with Gasteiger partial charge < -0.3 is 5.32 Å². The standard InChI is InChI=1S/C22H29N3O/c1-14-6-4-5-7-19(14)13-25-16(3)22(15(2)24-25)23-21(26)12-20-11-17-8-9-18(20)10-17/h4-7,17-18,20H,8-13H2,1-3H3,(H,23,26). The minimum absolute atomic E-state index is 0.157. The Morgan fingerprint density at radius 2 is 2.00 bits per heavy atom. The lowest BCUT2D eigenvalue weighted by molar-refractivity contribution is -0.117. The van der Waals surface area contributed by atoms with Crippen LogP contribution in [0.5, 0.6) is 0 Å². The molecule has 1 aromatic carbocycles. The maximum Gasteiger partial charge on any atom is 0.224 e. The third kappa shape index (κ3) is 3.29. The Hall–Kier alpha value is -2.10. The molecule has 138 valence electrons. The van der Waals surface area contributed by atoms with E-state index in [1.54, 1.807) is 0 Å². The van der Waals surface area contributed by atoms with Crippen molar-refractivity contribution in [2.45, 2.75) is 59.4 Å². The van der Waals surface area contributed by atoms with Crippen molar-refractivity contribution in [1.82, 2.24) is 9.78 Å². The summed E-state index contributed by atoms with van der Waals surface area (Å²) in [4.78, 5) is 12.6. The highest BCUT2D eigenvalue weighted by Gasteiger charge is 2.40. The highest BCUT2D eigenvalue weighted by Crippen LogP contribution is 2.49. The van der Waals surface area contributed by atoms with Gasteiger partial charge in [0.1, 0.15) is 0 Å². The van der Waals surface area contributed by atoms with Crippen molar-refractivity contribution in [3.8, 4) is 0 Å². The van der Waals surface area contributed by atoms with Gasteiger partial charge in [-0.05, 0) is 68.9 Å². The maximum absolute atomic E-state index is 12.6. The van der Waals surface area contributed by atoms with Crippen LogP contribution in [0, 0.1) is 38.5 Å². The highest BCUT2D eigenvalue weighted by molar-refractivity contribution is 5.92. The van der Waals surface area contributed by atoms with Gasteiger partial charge in [-0.3, -0.25) is 9.48 Å². The molecule has 0 radical (unpaired) electrons. The number of nitrogens with zero attached hydrogens (tertiary/aromatic N) is 2. The van der Waals surface area contributed by atoms with E-state index in [0.717, 1.165) is 35.5 Å². The van der Waals surface area contributed by atoms with E-state index in [9.17, 15) is 4.79 Å². The number of aryl methyl sites for hydroxylation is 2. The minimum Gasteiger partial charge on any atom is -0.323 e. The SMILES string of the molecule is Cc1ccccc1Cn1nc(C)c(NC(=O)CC2CC3CCC2C3)c1C. The number of benzene rings is 1. The molecule has 4 rings (SSSR count). The molecule has 0 spiro atoms. The second-order valence-corrected chi connectivity index (χ2v) is 8.32. The van der Waals surface area contributed by atoms with E-state index in [4.69, 9.17) is 0 Å². The lowest BCUT2D eigenvalue weighted by atomic mass is 9.86. The van der Waals surface area contributed by atoms with Crippen molar-refractivity contribution in [2.75, 3.05) is 5.32 Å². The zero-order valence-electron chi connectivity index (χ0n) is 16.1. The second-order valence-electron chi connectivity index (χ2n) is 8.32. The third-order valence-corrected chi connectivity index (χ3v) is 6.56. The molecule has 2 saturated carbocycles. The molecule has 1 heterocycles. The zero-order chi connectivity index (χ0) is 18.3. The number of hydrogen-bond acceptors (Lipinski definition) is 2. The normalized spacial score (nSPS) is 24.2. The van der Waals surface area contributed by atoms with E-state index in [-0.39, 0.29) is 5.91 Å². The third-order valence-electron chi connectivity index (χ3n) is 6.56. The quantitative estimate of drug-likeness (QED) is 0.854. The number of fused-ring (bicyclic) bond motifs is 2. The van der Waals surface area contributed by atoms with Gasteiger partial charge in [0.05, 0.1) is 23.6 Å². The summed E-state index contributed by atoms with van der Waals surface area (Å²) in [6.45, 7) is 6.89. The van der Waals surface area contributed by atoms with Crippen molar-refractivity contribution in [3.63, 3.8) is 0 Å². The largest absolute Gasteiger partial charge is 0.323 e. The van der Waals surface area contributed by atoms with Crippen LogP contribution in [-0.4, -0.2) is 15.7 Å². The van der Waals surface area contributed by atoms with Gasteiger partial charge in [-0.15, -0.1) is 0 Å². The van der Waals surface area contributed by atoms with Gasteiger partial charge in [-0.1, -0.05) is 30.7 Å². The molecule has 2 fully saturated rings. The fourth-order valence-electron chi connectivity index (χ4n) is 5.04. The maximum atomic E-state index is 12.6. The Bertz CT molecular complexity index is 823. The first-order valence-corrected chi connectivity index (χ1v) is 9.89. The topological polar surface area (TPSA) is 46.9 Å². The summed E-state index contributed by atoms with van der Waals surface area (Å²) < 4.78 is 2.00. The Kier molecular flexibility index (Phi) is 4.60. The zero-order valence-corrected chi connectivity index (χ0v) is 16.1. The van der Waals surface area contributed by atoms with E-state index in [1.165, 1.54) is 36.8 Å². The number of amides is 1. The van der Waals surface area contributed by atoms with E-state index in [0.29, 0.717) is 12.3 Å². The van der Waals surface area contributed by atoms with Crippen LogP contribution in [-0.2, 0) is 11.3 Å². The molecule has 0 saturated heterocycles. The molecule has 2 aliphatic rings. The first-order valence-electron chi connectivity index (χ1n) is 9.89. The van der Waals surface area contributed by atoms with Gasteiger partial charge in [-0.2, -0.15) is 5.10 Å². The van der Waals surface area contributed by atoms with Gasteiger partial charge in [0, 0.05) is 6.42 Å². The van der Waals surface area contributed by atoms with Crippen molar-refractivity contribution in [3.05, 3.63) is 46.8 Å². The lowest BCUT2D eigenvalue weighted by Gasteiger charge is -2.21. The Morgan fingerprint density at radius 3 is 2.69 bits per heavy atom. The molecule has 1 N–H and O–H groups in total. The average molecular weight is 351 g/mol. The van der Waals surface area contributed by atoms with E-state index < -0.39 is 0 Å². The van der Waals surface area contributed by atoms with Crippen LogP contribution in [0.3, 0.4) is 0 Å². The van der Waals surface area contributed by atoms with Gasteiger partial charge in [0.25, 0.3) is 0 Å². The minimum atomic E-state index is 0.157. The summed E-state index contributed by atoms with van der Waals surface area (Å²) >= 11 is 0. The van der Waals surface area contributed by atoms with E-state index in [1.807, 2.05) is 18.5 Å². The number of carbonyl (C=O) groups is 1. The van der Waals surface area contributed by atoms with Crippen molar-refractivity contribution >= 4 is 11.6 Å². The summed E-state index contributed by atoms with van der Waals surface area (Å²) in [6.07, 6.45) is 5.98. The summed E-state index contributed by atoms with van der Waals surface area (Å²) in [5.74, 6) is 2.43. The van der Waals surface area contributed by atoms with Crippen molar-refractivity contribution in [1.29, 1.82) is 0 Å². The smallest absolute Gasteiger partial charge is 0.224 e. The van der Waals surface area contributed by atoms with Crippen molar-refractivity contribution < 1.29 is 4.79 Å². The number of aromatic nitrogens is 2. The van der Waals surface area contributed by atoms with Gasteiger partial charge in [0.2, 0.25) is 5.91 Å². The Balaban J connectivity index is 1.44. The molecule has 2 aromatic rings. The second kappa shape index (κ2) is 6.90. The van der Waals surface area contributed by atoms with Gasteiger partial charge >= 0.3 is 0 Å². The Labute approximate surface area is 156 Å². The van der Waals surface area contributed by atoms with Gasteiger partial charge in [-0.25, -0.2) is 0 Å². The fourth-order valence-corrected chi connectivity index (χ4v) is 5.04. The summed E-state index contributed by atoms with van der Waals surface area (Å²) in [7, 11) is 0. The molecule has 26 heavy (non-hydrogen) atoms. The summed E-state index contributed by atoms with van der Waals surface area (Å²) in [6, 6.07) is 8.38. The molecule has 2 bridgehead atoms. The predicted molar refractivity (Wildman–Crippen MR) is 104 cm³/mol. The number of hydrogen-bond donors (Lipinski definition) is 1. The number of anilines is 1. The highest BCUT2D eigenvalue weighted by atomic mass is 16.1. The number of nitrogens with one attached hydrogen (secondary N) is 1. The molecule has 4 heteroatoms. The van der Waals surface area contributed by atoms with Crippen LogP contribution in [0.15, 0.2) is 24.3 Å². The fraction of sp³-hybridized carbons (Fsp3) is 0.545. The molecular weight excluding hydrogens is 322 g/mol. The van der Waals surface area contributed by atoms with Crippen molar-refractivity contribution in [2.24, 2.45) is 17.8 Å². The average Bonchev–Trinajstić information content (AvgIpc) is 3.28. The predicted octanol–water partition coefficient (Wildman–Crippen LogP) is 4.62. The summed E-state index contributed by atoms with van der Waals surface area (Å²) in [5.41, 5.74) is 5.36. The molecule has 0 aliphatic heterocycles. The summed E-state index contributed by atoms with van der Waals surface area (Å²) in [5, 5.41) is 7.83. The van der Waals surface area contributed by atoms with Crippen LogP contribution in [0.4, 0.5) is 5.69 Å². The molecule has 4 nitrogen and oxygen atoms in total. The molecule has 1 aromatic heterocycles. The van der Waals surface area contributed by atoms with Crippen LogP contribution in [0.25, 0.3) is 0 Å². The van der Waals surface area contributed by atoms with Crippen LogP contribution in [0.2, 0.25) is 0 Å². The monoisotopic (exact) mass is 351 g/mol. The number of carbonyl (C=O) groups excluding carboxylic acids is 1. The molecule has 2 aliphatic carbocycles. The van der Waals surface area contributed by atoms with E-state index in [2.05, 4.69) is 41.6 Å². The van der Waals surface area contributed by atoms with Crippen LogP contribution >= 0.6 is 0 Å². The van der Waals surface area contributed by atoms with Crippen LogP contribution in [0.1, 0.15) is 54.6 Å². The lowest BCUT2D eigenvalue weighted by Crippen LogP contribution is -2.20. The first-order chi connectivity index (χ1) is 12.5. The van der Waals surface area contributed by atoms with Gasteiger partial charge in [0.15, 0.2) is 0 Å².